The summed E-state index contributed by atoms with van der Waals surface area (Å²) < 4.78 is 12.4. The highest BCUT2D eigenvalue weighted by molar-refractivity contribution is 7.99. The molecule has 0 aliphatic carbocycles. The van der Waals surface area contributed by atoms with E-state index in [1.807, 2.05) is 41.5 Å². The van der Waals surface area contributed by atoms with E-state index >= 15 is 0 Å². The van der Waals surface area contributed by atoms with Gasteiger partial charge in [-0.25, -0.2) is 4.98 Å². The normalized spacial score (nSPS) is 13.4. The van der Waals surface area contributed by atoms with Crippen molar-refractivity contribution in [3.05, 3.63) is 32.5 Å². The van der Waals surface area contributed by atoms with Crippen LogP contribution in [0.3, 0.4) is 0 Å². The second-order valence-corrected chi connectivity index (χ2v) is 10.3. The van der Waals surface area contributed by atoms with Crippen LogP contribution in [0.15, 0.2) is 14.5 Å². The molecular formula is C19H26N4O3S2. The van der Waals surface area contributed by atoms with Gasteiger partial charge in [-0.2, -0.15) is 4.98 Å². The van der Waals surface area contributed by atoms with Crippen LogP contribution in [0.2, 0.25) is 0 Å². The van der Waals surface area contributed by atoms with Gasteiger partial charge in [-0.3, -0.25) is 9.36 Å². The van der Waals surface area contributed by atoms with Crippen molar-refractivity contribution in [2.45, 2.75) is 63.9 Å². The number of methoxy groups -OCH3 is 1. The van der Waals surface area contributed by atoms with Gasteiger partial charge in [0, 0.05) is 17.4 Å². The van der Waals surface area contributed by atoms with Crippen LogP contribution in [0.4, 0.5) is 0 Å². The summed E-state index contributed by atoms with van der Waals surface area (Å²) in [5.41, 5.74) is 0.787. The van der Waals surface area contributed by atoms with Crippen molar-refractivity contribution in [1.82, 2.24) is 19.7 Å². The summed E-state index contributed by atoms with van der Waals surface area (Å²) in [6.07, 6.45) is 0. The number of ether oxygens (including phenoxy) is 1. The Morgan fingerprint density at radius 1 is 1.29 bits per heavy atom. The second-order valence-electron chi connectivity index (χ2n) is 7.77. The number of hydrogen-bond acceptors (Lipinski definition) is 8. The van der Waals surface area contributed by atoms with E-state index in [1.54, 1.807) is 23.0 Å². The fraction of sp³-hybridized carbons (Fsp3) is 0.579. The summed E-state index contributed by atoms with van der Waals surface area (Å²) in [5, 5.41) is 5.30. The maximum absolute atomic E-state index is 13.2. The Balaban J connectivity index is 2.01. The average molecular weight is 423 g/mol. The fourth-order valence-electron chi connectivity index (χ4n) is 2.69. The van der Waals surface area contributed by atoms with Gasteiger partial charge in [0.1, 0.15) is 4.83 Å². The summed E-state index contributed by atoms with van der Waals surface area (Å²) in [5.74, 6) is 1.20. The molecule has 0 spiro atoms. The highest BCUT2D eigenvalue weighted by atomic mass is 32.2. The first-order valence-electron chi connectivity index (χ1n) is 9.13. The molecule has 3 heterocycles. The van der Waals surface area contributed by atoms with E-state index in [9.17, 15) is 4.79 Å². The predicted octanol–water partition coefficient (Wildman–Crippen LogP) is 4.26. The fourth-order valence-corrected chi connectivity index (χ4v) is 4.73. The number of thioether (sulfide) groups is 1. The Bertz CT molecular complexity index is 1050. The maximum atomic E-state index is 13.2. The number of nitrogens with zero attached hydrogens (tertiary/aromatic N) is 4. The minimum Gasteiger partial charge on any atom is -0.383 e. The van der Waals surface area contributed by atoms with E-state index in [-0.39, 0.29) is 16.2 Å². The smallest absolute Gasteiger partial charge is 0.263 e. The van der Waals surface area contributed by atoms with Gasteiger partial charge in [-0.15, -0.1) is 11.3 Å². The van der Waals surface area contributed by atoms with Crippen molar-refractivity contribution in [2.75, 3.05) is 13.7 Å². The molecule has 7 nitrogen and oxygen atoms in total. The topological polar surface area (TPSA) is 83.0 Å². The average Bonchev–Trinajstić information content (AvgIpc) is 3.20. The van der Waals surface area contributed by atoms with Crippen LogP contribution in [0, 0.1) is 13.8 Å². The van der Waals surface area contributed by atoms with Crippen molar-refractivity contribution in [1.29, 1.82) is 0 Å². The molecule has 0 fully saturated rings. The highest BCUT2D eigenvalue weighted by Gasteiger charge is 2.25. The molecule has 0 bridgehead atoms. The lowest BCUT2D eigenvalue weighted by molar-refractivity contribution is 0.183. The molecule has 0 radical (unpaired) electrons. The SMILES string of the molecule is COCCn1c(S[C@@H](C)c2nc(C(C)(C)C)no2)nc2sc(C)c(C)c2c1=O. The third-order valence-electron chi connectivity index (χ3n) is 4.52. The zero-order chi connectivity index (χ0) is 20.6. The monoisotopic (exact) mass is 422 g/mol. The molecule has 3 aromatic rings. The van der Waals surface area contributed by atoms with Gasteiger partial charge < -0.3 is 9.26 Å². The third-order valence-corrected chi connectivity index (χ3v) is 6.69. The summed E-state index contributed by atoms with van der Waals surface area (Å²) in [7, 11) is 1.62. The van der Waals surface area contributed by atoms with Crippen molar-refractivity contribution in [3.8, 4) is 0 Å². The number of fused-ring (bicyclic) bond motifs is 1. The molecule has 0 aliphatic rings. The molecule has 0 saturated carbocycles. The molecule has 0 unspecified atom stereocenters. The minimum absolute atomic E-state index is 0.0282. The van der Waals surface area contributed by atoms with Crippen LogP contribution in [0.25, 0.3) is 10.2 Å². The Kier molecular flexibility index (Phi) is 5.97. The molecule has 152 valence electrons. The van der Waals surface area contributed by atoms with Crippen molar-refractivity contribution in [3.63, 3.8) is 0 Å². The van der Waals surface area contributed by atoms with Crippen molar-refractivity contribution >= 4 is 33.3 Å². The number of rotatable bonds is 6. The first-order valence-corrected chi connectivity index (χ1v) is 10.8. The van der Waals surface area contributed by atoms with Gasteiger partial charge in [0.05, 0.1) is 23.8 Å². The van der Waals surface area contributed by atoms with Crippen LogP contribution in [0.1, 0.15) is 55.1 Å². The van der Waals surface area contributed by atoms with Gasteiger partial charge in [-0.1, -0.05) is 37.7 Å². The summed E-state index contributed by atoms with van der Waals surface area (Å²) in [6, 6.07) is 0. The van der Waals surface area contributed by atoms with E-state index in [1.165, 1.54) is 11.8 Å². The highest BCUT2D eigenvalue weighted by Crippen LogP contribution is 2.35. The van der Waals surface area contributed by atoms with E-state index in [4.69, 9.17) is 14.2 Å². The van der Waals surface area contributed by atoms with Crippen LogP contribution < -0.4 is 5.56 Å². The predicted molar refractivity (Wildman–Crippen MR) is 113 cm³/mol. The Hall–Kier alpha value is -1.71. The molecule has 0 aliphatic heterocycles. The van der Waals surface area contributed by atoms with Crippen LogP contribution in [-0.4, -0.2) is 33.4 Å². The number of aromatic nitrogens is 4. The lowest BCUT2D eigenvalue weighted by Crippen LogP contribution is -2.25. The Morgan fingerprint density at radius 2 is 2.00 bits per heavy atom. The van der Waals surface area contributed by atoms with Gasteiger partial charge in [0.2, 0.25) is 5.89 Å². The maximum Gasteiger partial charge on any atom is 0.263 e. The van der Waals surface area contributed by atoms with E-state index in [0.29, 0.717) is 35.4 Å². The minimum atomic E-state index is -0.185. The molecule has 1 atom stereocenters. The van der Waals surface area contributed by atoms with E-state index in [0.717, 1.165) is 15.3 Å². The Labute approximate surface area is 172 Å². The van der Waals surface area contributed by atoms with Gasteiger partial charge in [0.15, 0.2) is 11.0 Å². The number of hydrogen-bond donors (Lipinski definition) is 0. The number of thiophene rings is 1. The van der Waals surface area contributed by atoms with Crippen LogP contribution in [0.5, 0.6) is 0 Å². The zero-order valence-corrected chi connectivity index (χ0v) is 19.0. The first kappa shape index (κ1) is 21.0. The standard InChI is InChI=1S/C19H26N4O3S2/c1-10-11(2)27-15-13(10)16(24)23(8-9-25-7)18(21-15)28-12(3)14-20-17(22-26-14)19(4,5)6/h12H,8-9H2,1-7H3/t12-/m0/s1. The van der Waals surface area contributed by atoms with Gasteiger partial charge in [-0.05, 0) is 26.3 Å². The van der Waals surface area contributed by atoms with Crippen LogP contribution in [-0.2, 0) is 16.7 Å². The Morgan fingerprint density at radius 3 is 2.61 bits per heavy atom. The summed E-state index contributed by atoms with van der Waals surface area (Å²) >= 11 is 3.00. The van der Waals surface area contributed by atoms with Crippen LogP contribution >= 0.6 is 23.1 Å². The molecule has 3 aromatic heterocycles. The molecule has 9 heteroatoms. The second kappa shape index (κ2) is 7.96. The molecule has 0 saturated heterocycles. The lowest BCUT2D eigenvalue weighted by atomic mass is 9.96. The third kappa shape index (κ3) is 4.01. The molecular weight excluding hydrogens is 396 g/mol. The number of aryl methyl sites for hydroxylation is 2. The quantitative estimate of drug-likeness (QED) is 0.434. The van der Waals surface area contributed by atoms with E-state index in [2.05, 4.69) is 10.1 Å². The first-order chi connectivity index (χ1) is 13.1. The summed E-state index contributed by atoms with van der Waals surface area (Å²) in [4.78, 5) is 24.4. The molecule has 0 N–H and O–H groups in total. The lowest BCUT2D eigenvalue weighted by Gasteiger charge is -2.14. The zero-order valence-electron chi connectivity index (χ0n) is 17.3. The largest absolute Gasteiger partial charge is 0.383 e. The van der Waals surface area contributed by atoms with Crippen molar-refractivity contribution in [2.24, 2.45) is 0 Å². The van der Waals surface area contributed by atoms with Gasteiger partial charge in [0.25, 0.3) is 5.56 Å². The summed E-state index contributed by atoms with van der Waals surface area (Å²) in [6.45, 7) is 13.0. The molecule has 28 heavy (non-hydrogen) atoms. The van der Waals surface area contributed by atoms with E-state index < -0.39 is 0 Å². The molecule has 0 aromatic carbocycles. The van der Waals surface area contributed by atoms with Crippen molar-refractivity contribution < 1.29 is 9.26 Å². The van der Waals surface area contributed by atoms with Gasteiger partial charge >= 0.3 is 0 Å². The molecule has 0 amide bonds. The molecule has 3 rings (SSSR count).